The summed E-state index contributed by atoms with van der Waals surface area (Å²) in [5.74, 6) is 0.910. The summed E-state index contributed by atoms with van der Waals surface area (Å²) in [4.78, 5) is 22.1. The van der Waals surface area contributed by atoms with Crippen molar-refractivity contribution in [2.24, 2.45) is 0 Å². The van der Waals surface area contributed by atoms with Gasteiger partial charge in [0.15, 0.2) is 5.82 Å². The van der Waals surface area contributed by atoms with Crippen LogP contribution in [0.3, 0.4) is 0 Å². The fourth-order valence-corrected chi connectivity index (χ4v) is 4.32. The smallest absolute Gasteiger partial charge is 0.258 e. The summed E-state index contributed by atoms with van der Waals surface area (Å²) in [5.41, 5.74) is 4.10. The predicted octanol–water partition coefficient (Wildman–Crippen LogP) is 4.67. The van der Waals surface area contributed by atoms with Gasteiger partial charge in [0, 0.05) is 29.4 Å². The molecule has 2 saturated carbocycles. The Morgan fingerprint density at radius 3 is 2.71 bits per heavy atom. The molecule has 9 nitrogen and oxygen atoms in total. The molecule has 0 atom stereocenters. The van der Waals surface area contributed by atoms with Crippen LogP contribution >= 0.6 is 0 Å². The lowest BCUT2D eigenvalue weighted by atomic mass is 10.1. The van der Waals surface area contributed by atoms with Gasteiger partial charge in [-0.3, -0.25) is 14.5 Å². The Bertz CT molecular complexity index is 1580. The fraction of sp³-hybridized carbons (Fsp3) is 0.231. The number of hydrogen-bond donors (Lipinski definition) is 1. The molecule has 1 N–H and O–H groups in total. The Hall–Kier alpha value is -4.40. The molecule has 7 rings (SSSR count). The lowest BCUT2D eigenvalue weighted by Gasteiger charge is -2.08. The predicted molar refractivity (Wildman–Crippen MR) is 131 cm³/mol. The van der Waals surface area contributed by atoms with Crippen LogP contribution in [0.2, 0.25) is 0 Å². The van der Waals surface area contributed by atoms with Gasteiger partial charge in [0.1, 0.15) is 17.8 Å². The highest BCUT2D eigenvalue weighted by Crippen LogP contribution is 2.37. The molecule has 1 amide bonds. The van der Waals surface area contributed by atoms with Crippen molar-refractivity contribution in [3.8, 4) is 22.6 Å². The van der Waals surface area contributed by atoms with Crippen molar-refractivity contribution in [3.05, 3.63) is 72.9 Å². The first-order valence-corrected chi connectivity index (χ1v) is 11.8. The summed E-state index contributed by atoms with van der Waals surface area (Å²) in [6.45, 7) is 0. The van der Waals surface area contributed by atoms with Crippen LogP contribution in [0.5, 0.6) is 0 Å². The zero-order valence-electron chi connectivity index (χ0n) is 18.9. The van der Waals surface area contributed by atoms with Crippen molar-refractivity contribution in [3.63, 3.8) is 0 Å². The highest BCUT2D eigenvalue weighted by atomic mass is 16.1. The van der Waals surface area contributed by atoms with Crippen LogP contribution in [0.4, 0.5) is 5.82 Å². The number of benzene rings is 1. The van der Waals surface area contributed by atoms with Gasteiger partial charge in [0.25, 0.3) is 5.91 Å². The fourth-order valence-electron chi connectivity index (χ4n) is 4.32. The second-order valence-corrected chi connectivity index (χ2v) is 9.23. The molecule has 9 heteroatoms. The van der Waals surface area contributed by atoms with Gasteiger partial charge in [-0.2, -0.15) is 5.10 Å². The van der Waals surface area contributed by atoms with Crippen molar-refractivity contribution in [1.82, 2.24) is 34.5 Å². The largest absolute Gasteiger partial charge is 0.309 e. The van der Waals surface area contributed by atoms with Crippen molar-refractivity contribution < 1.29 is 4.79 Å². The van der Waals surface area contributed by atoms with E-state index in [4.69, 9.17) is 0 Å². The molecule has 2 aliphatic rings. The highest BCUT2D eigenvalue weighted by molar-refractivity contribution is 6.05. The van der Waals surface area contributed by atoms with E-state index in [9.17, 15) is 4.79 Å². The number of aromatic nitrogens is 7. The van der Waals surface area contributed by atoms with Crippen molar-refractivity contribution in [2.75, 3.05) is 5.32 Å². The van der Waals surface area contributed by atoms with Crippen LogP contribution < -0.4 is 5.32 Å². The molecular weight excluding hydrogens is 440 g/mol. The standard InChI is InChI=1S/C26H22N8O/c35-26(31-24-3-1-2-23(30-24)25-32-28-15-33(25)20-5-6-20)18-11-17-10-16(4-9-22(17)27-12-18)19-13-29-34(14-19)21-7-8-21/h1-4,9-15,20-21H,5-8H2,(H,30,31,35). The molecule has 2 fully saturated rings. The van der Waals surface area contributed by atoms with E-state index in [2.05, 4.69) is 42.8 Å². The van der Waals surface area contributed by atoms with Crippen molar-refractivity contribution in [2.45, 2.75) is 37.8 Å². The van der Waals surface area contributed by atoms with E-state index < -0.39 is 0 Å². The second kappa shape index (κ2) is 7.83. The SMILES string of the molecule is O=C(Nc1cccc(-c2nncn2C2CC2)n1)c1cnc2ccc(-c3cnn(C4CC4)c3)cc2c1. The molecule has 0 saturated heterocycles. The van der Waals surface area contributed by atoms with Crippen LogP contribution in [0.1, 0.15) is 48.1 Å². The van der Waals surface area contributed by atoms with E-state index in [1.54, 1.807) is 18.6 Å². The second-order valence-electron chi connectivity index (χ2n) is 9.23. The van der Waals surface area contributed by atoms with Crippen molar-refractivity contribution in [1.29, 1.82) is 0 Å². The number of fused-ring (bicyclic) bond motifs is 1. The number of carbonyl (C=O) groups is 1. The topological polar surface area (TPSA) is 103 Å². The summed E-state index contributed by atoms with van der Waals surface area (Å²) >= 11 is 0. The van der Waals surface area contributed by atoms with E-state index >= 15 is 0 Å². The molecule has 0 bridgehead atoms. The van der Waals surface area contributed by atoms with Crippen LogP contribution in [-0.4, -0.2) is 40.4 Å². The minimum Gasteiger partial charge on any atom is -0.309 e. The van der Waals surface area contributed by atoms with E-state index in [1.165, 1.54) is 12.8 Å². The number of nitrogens with one attached hydrogen (secondary N) is 1. The molecule has 0 unspecified atom stereocenters. The van der Waals surface area contributed by atoms with Crippen LogP contribution in [0, 0.1) is 0 Å². The molecule has 1 aromatic carbocycles. The number of hydrogen-bond acceptors (Lipinski definition) is 6. The summed E-state index contributed by atoms with van der Waals surface area (Å²) in [6.07, 6.45) is 12.0. The third-order valence-electron chi connectivity index (χ3n) is 6.53. The number of amides is 1. The first-order valence-electron chi connectivity index (χ1n) is 11.8. The average Bonchev–Trinajstić information content (AvgIpc) is 3.82. The zero-order valence-corrected chi connectivity index (χ0v) is 18.9. The lowest BCUT2D eigenvalue weighted by molar-refractivity contribution is 0.102. The molecule has 4 heterocycles. The lowest BCUT2D eigenvalue weighted by Crippen LogP contribution is -2.13. The van der Waals surface area contributed by atoms with Crippen LogP contribution in [-0.2, 0) is 0 Å². The van der Waals surface area contributed by atoms with Gasteiger partial charge in [-0.1, -0.05) is 12.1 Å². The Labute approximate surface area is 200 Å². The van der Waals surface area contributed by atoms with E-state index in [0.29, 0.717) is 35.0 Å². The maximum atomic E-state index is 13.0. The quantitative estimate of drug-likeness (QED) is 0.393. The maximum Gasteiger partial charge on any atom is 0.258 e. The number of carbonyl (C=O) groups excluding carboxylic acids is 1. The van der Waals surface area contributed by atoms with Crippen LogP contribution in [0.15, 0.2) is 67.4 Å². The summed E-state index contributed by atoms with van der Waals surface area (Å²) < 4.78 is 4.09. The third-order valence-corrected chi connectivity index (χ3v) is 6.53. The molecule has 0 spiro atoms. The Kier molecular flexibility index (Phi) is 4.48. The summed E-state index contributed by atoms with van der Waals surface area (Å²) in [7, 11) is 0. The van der Waals surface area contributed by atoms with Gasteiger partial charge in [-0.25, -0.2) is 4.98 Å². The van der Waals surface area contributed by atoms with Gasteiger partial charge in [-0.15, -0.1) is 10.2 Å². The minimum absolute atomic E-state index is 0.264. The molecule has 0 radical (unpaired) electrons. The van der Waals surface area contributed by atoms with Gasteiger partial charge in [0.2, 0.25) is 0 Å². The molecule has 4 aromatic heterocycles. The number of pyridine rings is 2. The molecule has 172 valence electrons. The van der Waals surface area contributed by atoms with Gasteiger partial charge < -0.3 is 9.88 Å². The molecule has 0 aliphatic heterocycles. The number of rotatable bonds is 6. The minimum atomic E-state index is -0.264. The Balaban J connectivity index is 1.14. The van der Waals surface area contributed by atoms with Gasteiger partial charge in [-0.05, 0) is 61.6 Å². The molecule has 5 aromatic rings. The van der Waals surface area contributed by atoms with E-state index in [1.807, 2.05) is 45.8 Å². The average molecular weight is 463 g/mol. The normalized spacial score (nSPS) is 15.4. The van der Waals surface area contributed by atoms with Crippen LogP contribution in [0.25, 0.3) is 33.5 Å². The number of anilines is 1. The first-order chi connectivity index (χ1) is 17.2. The number of nitrogens with zero attached hydrogens (tertiary/aromatic N) is 7. The Morgan fingerprint density at radius 1 is 0.971 bits per heavy atom. The summed E-state index contributed by atoms with van der Waals surface area (Å²) in [5, 5.41) is 16.6. The first kappa shape index (κ1) is 20.0. The van der Waals surface area contributed by atoms with E-state index in [0.717, 1.165) is 34.9 Å². The van der Waals surface area contributed by atoms with Gasteiger partial charge in [0.05, 0.1) is 23.3 Å². The van der Waals surface area contributed by atoms with E-state index in [-0.39, 0.29) is 5.91 Å². The Morgan fingerprint density at radius 2 is 1.86 bits per heavy atom. The van der Waals surface area contributed by atoms with Gasteiger partial charge >= 0.3 is 0 Å². The monoisotopic (exact) mass is 462 g/mol. The maximum absolute atomic E-state index is 13.0. The molecule has 35 heavy (non-hydrogen) atoms. The summed E-state index contributed by atoms with van der Waals surface area (Å²) in [6, 6.07) is 14.4. The zero-order chi connectivity index (χ0) is 23.4. The molecule has 2 aliphatic carbocycles. The highest BCUT2D eigenvalue weighted by Gasteiger charge is 2.27. The third kappa shape index (κ3) is 3.84. The van der Waals surface area contributed by atoms with Crippen molar-refractivity contribution >= 4 is 22.6 Å². The molecular formula is C26H22N8O.